The molecule has 2 rings (SSSR count). The van der Waals surface area contributed by atoms with Crippen molar-refractivity contribution in [1.82, 2.24) is 9.97 Å². The number of pyridine rings is 1. The van der Waals surface area contributed by atoms with Crippen LogP contribution in [0.5, 0.6) is 0 Å². The van der Waals surface area contributed by atoms with Crippen LogP contribution >= 0.6 is 11.3 Å². The minimum Gasteiger partial charge on any atom is -0.379 e. The molecule has 2 heterocycles. The first-order chi connectivity index (χ1) is 9.24. The fraction of sp³-hybridized carbons (Fsp3) is 0.429. The van der Waals surface area contributed by atoms with E-state index in [4.69, 9.17) is 0 Å². The minimum absolute atomic E-state index is 0.797. The van der Waals surface area contributed by atoms with Crippen LogP contribution in [0.2, 0.25) is 0 Å². The van der Waals surface area contributed by atoms with Crippen LogP contribution in [-0.4, -0.2) is 23.1 Å². The van der Waals surface area contributed by atoms with Gasteiger partial charge in [-0.3, -0.25) is 4.98 Å². The summed E-state index contributed by atoms with van der Waals surface area (Å²) in [5.41, 5.74) is 2.11. The van der Waals surface area contributed by atoms with Crippen LogP contribution in [0.1, 0.15) is 24.4 Å². The summed E-state index contributed by atoms with van der Waals surface area (Å²) in [5, 5.41) is 4.51. The Hall–Kier alpha value is -1.62. The second-order valence-electron chi connectivity index (χ2n) is 4.27. The summed E-state index contributed by atoms with van der Waals surface area (Å²) >= 11 is 1.75. The molecule has 0 bridgehead atoms. The maximum absolute atomic E-state index is 4.48. The lowest BCUT2D eigenvalue weighted by Gasteiger charge is -2.16. The van der Waals surface area contributed by atoms with Crippen molar-refractivity contribution in [2.45, 2.75) is 27.3 Å². The Balaban J connectivity index is 1.99. The van der Waals surface area contributed by atoms with E-state index in [0.29, 0.717) is 0 Å². The van der Waals surface area contributed by atoms with Crippen LogP contribution in [0.3, 0.4) is 0 Å². The summed E-state index contributed by atoms with van der Waals surface area (Å²) < 4.78 is 0. The van der Waals surface area contributed by atoms with Crippen molar-refractivity contribution in [2.75, 3.05) is 23.3 Å². The van der Waals surface area contributed by atoms with E-state index in [0.717, 1.165) is 36.1 Å². The second-order valence-corrected chi connectivity index (χ2v) is 5.37. The van der Waals surface area contributed by atoms with Gasteiger partial charge in [-0.25, -0.2) is 4.98 Å². The van der Waals surface area contributed by atoms with Gasteiger partial charge in [-0.1, -0.05) is 0 Å². The Morgan fingerprint density at radius 2 is 2.05 bits per heavy atom. The van der Waals surface area contributed by atoms with Gasteiger partial charge < -0.3 is 10.2 Å². The van der Waals surface area contributed by atoms with E-state index >= 15 is 0 Å². The van der Waals surface area contributed by atoms with Crippen molar-refractivity contribution in [3.8, 4) is 0 Å². The highest BCUT2D eigenvalue weighted by molar-refractivity contribution is 7.15. The zero-order valence-electron chi connectivity index (χ0n) is 11.7. The van der Waals surface area contributed by atoms with Crippen LogP contribution in [0, 0.1) is 6.92 Å². The number of hydrogen-bond acceptors (Lipinski definition) is 5. The van der Waals surface area contributed by atoms with Crippen molar-refractivity contribution >= 4 is 22.2 Å². The van der Waals surface area contributed by atoms with E-state index in [1.165, 1.54) is 4.88 Å². The SMILES string of the molecule is CCN(CC)c1ncc(CNc2cccnc2C)s1. The monoisotopic (exact) mass is 276 g/mol. The van der Waals surface area contributed by atoms with Gasteiger partial charge in [-0.15, -0.1) is 11.3 Å². The summed E-state index contributed by atoms with van der Waals surface area (Å²) in [6.45, 7) is 9.11. The van der Waals surface area contributed by atoms with Crippen LogP contribution in [0.15, 0.2) is 24.5 Å². The van der Waals surface area contributed by atoms with Gasteiger partial charge in [0.05, 0.1) is 17.9 Å². The van der Waals surface area contributed by atoms with E-state index in [1.54, 1.807) is 11.3 Å². The molecule has 1 N–H and O–H groups in total. The van der Waals surface area contributed by atoms with Crippen LogP contribution in [-0.2, 0) is 6.54 Å². The third kappa shape index (κ3) is 3.44. The Morgan fingerprint density at radius 3 is 2.74 bits per heavy atom. The molecule has 0 radical (unpaired) electrons. The van der Waals surface area contributed by atoms with E-state index in [1.807, 2.05) is 25.4 Å². The highest BCUT2D eigenvalue weighted by Crippen LogP contribution is 2.23. The van der Waals surface area contributed by atoms with E-state index in [9.17, 15) is 0 Å². The molecule has 102 valence electrons. The fourth-order valence-electron chi connectivity index (χ4n) is 1.87. The summed E-state index contributed by atoms with van der Waals surface area (Å²) in [6, 6.07) is 4.00. The van der Waals surface area contributed by atoms with Crippen molar-refractivity contribution in [3.63, 3.8) is 0 Å². The third-order valence-electron chi connectivity index (χ3n) is 3.04. The fourth-order valence-corrected chi connectivity index (χ4v) is 2.85. The maximum Gasteiger partial charge on any atom is 0.185 e. The lowest BCUT2D eigenvalue weighted by molar-refractivity contribution is 0.860. The molecule has 0 aliphatic rings. The smallest absolute Gasteiger partial charge is 0.185 e. The van der Waals surface area contributed by atoms with Crippen LogP contribution < -0.4 is 10.2 Å². The quantitative estimate of drug-likeness (QED) is 0.879. The highest BCUT2D eigenvalue weighted by atomic mass is 32.1. The van der Waals surface area contributed by atoms with Crippen molar-refractivity contribution in [1.29, 1.82) is 0 Å². The molecule has 0 aliphatic heterocycles. The molecule has 5 heteroatoms. The van der Waals surface area contributed by atoms with Gasteiger partial charge in [0.15, 0.2) is 5.13 Å². The Morgan fingerprint density at radius 1 is 1.26 bits per heavy atom. The lowest BCUT2D eigenvalue weighted by atomic mass is 10.3. The summed E-state index contributed by atoms with van der Waals surface area (Å²) in [4.78, 5) is 12.3. The topological polar surface area (TPSA) is 41.1 Å². The number of nitrogens with zero attached hydrogens (tertiary/aromatic N) is 3. The number of rotatable bonds is 6. The van der Waals surface area contributed by atoms with Gasteiger partial charge in [0.25, 0.3) is 0 Å². The molecule has 0 unspecified atom stereocenters. The van der Waals surface area contributed by atoms with Gasteiger partial charge in [0, 0.05) is 30.4 Å². The largest absolute Gasteiger partial charge is 0.379 e. The molecular formula is C14H20N4S. The van der Waals surface area contributed by atoms with Crippen molar-refractivity contribution in [3.05, 3.63) is 35.1 Å². The van der Waals surface area contributed by atoms with Gasteiger partial charge in [0.2, 0.25) is 0 Å². The van der Waals surface area contributed by atoms with E-state index in [2.05, 4.69) is 40.1 Å². The highest BCUT2D eigenvalue weighted by Gasteiger charge is 2.07. The number of aromatic nitrogens is 2. The first kappa shape index (κ1) is 13.8. The number of nitrogens with one attached hydrogen (secondary N) is 1. The zero-order chi connectivity index (χ0) is 13.7. The van der Waals surface area contributed by atoms with Crippen molar-refractivity contribution < 1.29 is 0 Å². The molecular weight excluding hydrogens is 256 g/mol. The van der Waals surface area contributed by atoms with Gasteiger partial charge in [0.1, 0.15) is 0 Å². The first-order valence-corrected chi connectivity index (χ1v) is 7.41. The van der Waals surface area contributed by atoms with E-state index in [-0.39, 0.29) is 0 Å². The summed E-state index contributed by atoms with van der Waals surface area (Å²) in [6.07, 6.45) is 3.77. The number of thiazole rings is 1. The van der Waals surface area contributed by atoms with Crippen LogP contribution in [0.4, 0.5) is 10.8 Å². The molecule has 0 spiro atoms. The van der Waals surface area contributed by atoms with Gasteiger partial charge >= 0.3 is 0 Å². The van der Waals surface area contributed by atoms with Gasteiger partial charge in [-0.05, 0) is 32.9 Å². The molecule has 0 aliphatic carbocycles. The predicted octanol–water partition coefficient (Wildman–Crippen LogP) is 3.30. The normalized spacial score (nSPS) is 10.5. The zero-order valence-corrected chi connectivity index (χ0v) is 12.5. The first-order valence-electron chi connectivity index (χ1n) is 6.59. The molecule has 2 aromatic heterocycles. The second kappa shape index (κ2) is 6.52. The standard InChI is InChI=1S/C14H20N4S/c1-4-18(5-2)14-17-10-12(19-14)9-16-13-7-6-8-15-11(13)3/h6-8,10,16H,4-5,9H2,1-3H3. The molecule has 0 saturated carbocycles. The van der Waals surface area contributed by atoms with E-state index < -0.39 is 0 Å². The molecule has 4 nitrogen and oxygen atoms in total. The summed E-state index contributed by atoms with van der Waals surface area (Å²) in [7, 11) is 0. The molecule has 0 amide bonds. The Bertz CT molecular complexity index is 520. The summed E-state index contributed by atoms with van der Waals surface area (Å²) in [5.74, 6) is 0. The predicted molar refractivity (Wildman–Crippen MR) is 82.0 cm³/mol. The van der Waals surface area contributed by atoms with Gasteiger partial charge in [-0.2, -0.15) is 0 Å². The maximum atomic E-state index is 4.48. The number of aryl methyl sites for hydroxylation is 1. The molecule has 0 aromatic carbocycles. The molecule has 2 aromatic rings. The molecule has 0 saturated heterocycles. The average Bonchev–Trinajstić information content (AvgIpc) is 2.88. The number of anilines is 2. The molecule has 19 heavy (non-hydrogen) atoms. The third-order valence-corrected chi connectivity index (χ3v) is 4.09. The molecule has 0 atom stereocenters. The molecule has 0 fully saturated rings. The lowest BCUT2D eigenvalue weighted by Crippen LogP contribution is -2.21. The van der Waals surface area contributed by atoms with Crippen molar-refractivity contribution in [2.24, 2.45) is 0 Å². The Labute approximate surface area is 118 Å². The van der Waals surface area contributed by atoms with Crippen LogP contribution in [0.25, 0.3) is 0 Å². The average molecular weight is 276 g/mol. The minimum atomic E-state index is 0.797. The number of hydrogen-bond donors (Lipinski definition) is 1. The Kier molecular flexibility index (Phi) is 4.74.